The average molecular weight is 473 g/mol. The maximum absolute atomic E-state index is 12.2. The van der Waals surface area contributed by atoms with Crippen molar-refractivity contribution in [2.75, 3.05) is 12.4 Å². The number of nitro groups is 1. The molecule has 0 bridgehead atoms. The summed E-state index contributed by atoms with van der Waals surface area (Å²) in [5.41, 5.74) is 1.64. The van der Waals surface area contributed by atoms with Gasteiger partial charge in [-0.05, 0) is 53.6 Å². The fourth-order valence-corrected chi connectivity index (χ4v) is 3.05. The lowest BCUT2D eigenvalue weighted by atomic mass is 10.2. The number of nitro benzene ring substituents is 1. The van der Waals surface area contributed by atoms with Crippen LogP contribution in [-0.4, -0.2) is 17.9 Å². The average Bonchev–Trinajstić information content (AvgIpc) is 2.78. The highest BCUT2D eigenvalue weighted by Gasteiger charge is 2.13. The monoisotopic (exact) mass is 472 g/mol. The molecule has 3 aromatic carbocycles. The molecule has 0 saturated carbocycles. The van der Waals surface area contributed by atoms with Crippen LogP contribution in [0.2, 0.25) is 10.0 Å². The van der Waals surface area contributed by atoms with Crippen LogP contribution < -0.4 is 14.8 Å². The number of hydrogen-bond donors (Lipinski definition) is 1. The van der Waals surface area contributed by atoms with E-state index in [0.29, 0.717) is 28.7 Å². The summed E-state index contributed by atoms with van der Waals surface area (Å²) in [5.74, 6) is 0.607. The summed E-state index contributed by atoms with van der Waals surface area (Å²) in [6, 6.07) is 16.6. The van der Waals surface area contributed by atoms with Crippen LogP contribution in [0.15, 0.2) is 66.7 Å². The van der Waals surface area contributed by atoms with E-state index in [0.717, 1.165) is 5.56 Å². The number of halogens is 2. The Labute approximate surface area is 194 Å². The highest BCUT2D eigenvalue weighted by Crippen LogP contribution is 2.30. The number of carbonyl (C=O) groups is 1. The van der Waals surface area contributed by atoms with Gasteiger partial charge in [0.25, 0.3) is 5.69 Å². The molecule has 7 nitrogen and oxygen atoms in total. The smallest absolute Gasteiger partial charge is 0.289 e. The minimum atomic E-state index is -0.614. The number of hydrogen-bond acceptors (Lipinski definition) is 5. The molecule has 0 spiro atoms. The van der Waals surface area contributed by atoms with Gasteiger partial charge in [-0.2, -0.15) is 0 Å². The lowest BCUT2D eigenvalue weighted by molar-refractivity contribution is -0.384. The van der Waals surface area contributed by atoms with Gasteiger partial charge in [-0.15, -0.1) is 0 Å². The number of carbonyl (C=O) groups excluding carboxylic acids is 1. The lowest BCUT2D eigenvalue weighted by Crippen LogP contribution is -2.08. The third kappa shape index (κ3) is 6.23. The minimum absolute atomic E-state index is 0.00555. The Morgan fingerprint density at radius 3 is 2.50 bits per heavy atom. The predicted octanol–water partition coefficient (Wildman–Crippen LogP) is 6.14. The number of methoxy groups -OCH3 is 1. The summed E-state index contributed by atoms with van der Waals surface area (Å²) in [6.45, 7) is 0.346. The minimum Gasteiger partial charge on any atom is -0.493 e. The van der Waals surface area contributed by atoms with Gasteiger partial charge in [0.05, 0.1) is 12.0 Å². The molecule has 9 heteroatoms. The van der Waals surface area contributed by atoms with E-state index in [2.05, 4.69) is 5.32 Å². The van der Waals surface area contributed by atoms with Crippen molar-refractivity contribution in [2.45, 2.75) is 6.61 Å². The van der Waals surface area contributed by atoms with E-state index >= 15 is 0 Å². The highest BCUT2D eigenvalue weighted by molar-refractivity contribution is 6.32. The zero-order valence-electron chi connectivity index (χ0n) is 16.9. The molecule has 3 rings (SSSR count). The van der Waals surface area contributed by atoms with Crippen molar-refractivity contribution in [1.82, 2.24) is 0 Å². The Kier molecular flexibility index (Phi) is 7.70. The molecule has 0 saturated heterocycles. The first kappa shape index (κ1) is 23.1. The number of nitrogens with one attached hydrogen (secondary N) is 1. The summed E-state index contributed by atoms with van der Waals surface area (Å²) < 4.78 is 11.2. The topological polar surface area (TPSA) is 90.7 Å². The van der Waals surface area contributed by atoms with Crippen LogP contribution in [0, 0.1) is 10.1 Å². The number of anilines is 1. The zero-order chi connectivity index (χ0) is 23.1. The molecule has 1 amide bonds. The van der Waals surface area contributed by atoms with Crippen molar-refractivity contribution in [3.05, 3.63) is 98.0 Å². The second-order valence-corrected chi connectivity index (χ2v) is 7.41. The van der Waals surface area contributed by atoms with Gasteiger partial charge in [-0.3, -0.25) is 14.9 Å². The van der Waals surface area contributed by atoms with Gasteiger partial charge in [-0.1, -0.05) is 41.4 Å². The largest absolute Gasteiger partial charge is 0.493 e. The van der Waals surface area contributed by atoms with Gasteiger partial charge < -0.3 is 14.8 Å². The van der Waals surface area contributed by atoms with Crippen LogP contribution in [0.4, 0.5) is 11.4 Å². The van der Waals surface area contributed by atoms with Crippen LogP contribution >= 0.6 is 23.2 Å². The van der Waals surface area contributed by atoms with E-state index < -0.39 is 10.8 Å². The molecule has 0 radical (unpaired) electrons. The van der Waals surface area contributed by atoms with E-state index in [1.54, 1.807) is 36.4 Å². The van der Waals surface area contributed by atoms with E-state index in [9.17, 15) is 14.9 Å². The number of rotatable bonds is 8. The molecule has 0 aliphatic carbocycles. The number of ether oxygens (including phenoxy) is 2. The van der Waals surface area contributed by atoms with E-state index in [-0.39, 0.29) is 16.4 Å². The number of amides is 1. The van der Waals surface area contributed by atoms with Crippen LogP contribution in [0.1, 0.15) is 11.1 Å². The Balaban J connectivity index is 1.65. The zero-order valence-corrected chi connectivity index (χ0v) is 18.4. The quantitative estimate of drug-likeness (QED) is 0.241. The first-order valence-corrected chi connectivity index (χ1v) is 10.1. The summed E-state index contributed by atoms with van der Waals surface area (Å²) in [6.07, 6.45) is 2.90. The normalized spacial score (nSPS) is 10.7. The number of benzene rings is 3. The Morgan fingerprint density at radius 2 is 1.81 bits per heavy atom. The van der Waals surface area contributed by atoms with Crippen molar-refractivity contribution in [1.29, 1.82) is 0 Å². The van der Waals surface area contributed by atoms with Gasteiger partial charge in [0.15, 0.2) is 11.5 Å². The van der Waals surface area contributed by atoms with Crippen LogP contribution in [0.5, 0.6) is 11.5 Å². The van der Waals surface area contributed by atoms with E-state index in [1.165, 1.54) is 31.4 Å². The summed E-state index contributed by atoms with van der Waals surface area (Å²) in [4.78, 5) is 22.5. The van der Waals surface area contributed by atoms with Crippen molar-refractivity contribution >= 4 is 46.6 Å². The maximum Gasteiger partial charge on any atom is 0.289 e. The first-order chi connectivity index (χ1) is 15.4. The van der Waals surface area contributed by atoms with Crippen molar-refractivity contribution < 1.29 is 19.2 Å². The standard InChI is InChI=1S/C23H18Cl2N2O5/c1-31-22-12-15(4-10-21(22)32-14-16-2-6-17(24)7-3-16)5-11-23(28)26-18-8-9-19(25)20(13-18)27(29)30/h2-13H,14H2,1H3,(H,26,28). The van der Waals surface area contributed by atoms with Crippen LogP contribution in [0.25, 0.3) is 6.08 Å². The first-order valence-electron chi connectivity index (χ1n) is 9.34. The van der Waals surface area contributed by atoms with E-state index in [4.69, 9.17) is 32.7 Å². The molecule has 1 N–H and O–H groups in total. The fourth-order valence-electron chi connectivity index (χ4n) is 2.73. The summed E-state index contributed by atoms with van der Waals surface area (Å²) >= 11 is 11.7. The van der Waals surface area contributed by atoms with Gasteiger partial charge in [0.1, 0.15) is 11.6 Å². The molecule has 0 atom stereocenters. The summed E-state index contributed by atoms with van der Waals surface area (Å²) in [7, 11) is 1.53. The van der Waals surface area contributed by atoms with Gasteiger partial charge in [0.2, 0.25) is 5.91 Å². The molecule has 0 unspecified atom stereocenters. The van der Waals surface area contributed by atoms with Crippen LogP contribution in [0.3, 0.4) is 0 Å². The van der Waals surface area contributed by atoms with Crippen molar-refractivity contribution in [3.63, 3.8) is 0 Å². The molecule has 3 aromatic rings. The van der Waals surface area contributed by atoms with Crippen molar-refractivity contribution in [2.24, 2.45) is 0 Å². The van der Waals surface area contributed by atoms with Crippen molar-refractivity contribution in [3.8, 4) is 11.5 Å². The van der Waals surface area contributed by atoms with Crippen LogP contribution in [-0.2, 0) is 11.4 Å². The Hall–Kier alpha value is -3.55. The molecule has 32 heavy (non-hydrogen) atoms. The third-order valence-corrected chi connectivity index (χ3v) is 4.90. The second kappa shape index (κ2) is 10.7. The third-order valence-electron chi connectivity index (χ3n) is 4.33. The predicted molar refractivity (Wildman–Crippen MR) is 125 cm³/mol. The van der Waals surface area contributed by atoms with Gasteiger partial charge in [0, 0.05) is 22.9 Å². The highest BCUT2D eigenvalue weighted by atomic mass is 35.5. The van der Waals surface area contributed by atoms with Gasteiger partial charge in [-0.25, -0.2) is 0 Å². The molecule has 0 aliphatic heterocycles. The maximum atomic E-state index is 12.2. The molecule has 0 aromatic heterocycles. The molecule has 0 heterocycles. The van der Waals surface area contributed by atoms with Gasteiger partial charge >= 0.3 is 0 Å². The number of nitrogens with zero attached hydrogens (tertiary/aromatic N) is 1. The molecular weight excluding hydrogens is 455 g/mol. The summed E-state index contributed by atoms with van der Waals surface area (Å²) in [5, 5.41) is 14.2. The molecule has 164 valence electrons. The SMILES string of the molecule is COc1cc(C=CC(=O)Nc2ccc(Cl)c([N+](=O)[O-])c2)ccc1OCc1ccc(Cl)cc1. The molecular formula is C23H18Cl2N2O5. The fraction of sp³-hybridized carbons (Fsp3) is 0.0870. The second-order valence-electron chi connectivity index (χ2n) is 6.57. The molecule has 0 fully saturated rings. The molecule has 0 aliphatic rings. The lowest BCUT2D eigenvalue weighted by Gasteiger charge is -2.11. The Bertz CT molecular complexity index is 1160. The Morgan fingerprint density at radius 1 is 1.06 bits per heavy atom. The van der Waals surface area contributed by atoms with E-state index in [1.807, 2.05) is 12.1 Å².